The minimum atomic E-state index is -0.514. The van der Waals surface area contributed by atoms with Gasteiger partial charge in [0.2, 0.25) is 5.65 Å². The van der Waals surface area contributed by atoms with Crippen LogP contribution in [0.2, 0.25) is 5.02 Å². The van der Waals surface area contributed by atoms with Crippen LogP contribution in [0.25, 0.3) is 5.65 Å². The van der Waals surface area contributed by atoms with Crippen molar-refractivity contribution in [1.29, 1.82) is 0 Å². The molecule has 7 nitrogen and oxygen atoms in total. The van der Waals surface area contributed by atoms with Crippen LogP contribution in [0, 0.1) is 10.1 Å². The molecule has 0 fully saturated rings. The Bertz CT molecular complexity index is 883. The monoisotopic (exact) mass is 395 g/mol. The molecule has 3 rings (SSSR count). The average Bonchev–Trinajstić information content (AvgIpc) is 2.94. The second kappa shape index (κ2) is 6.51. The Balaban J connectivity index is 1.73. The van der Waals surface area contributed by atoms with Crippen molar-refractivity contribution in [3.63, 3.8) is 0 Å². The van der Waals surface area contributed by atoms with Gasteiger partial charge < -0.3 is 15.4 Å². The summed E-state index contributed by atoms with van der Waals surface area (Å²) in [5, 5.41) is 18.9. The van der Waals surface area contributed by atoms with E-state index in [1.807, 2.05) is 18.2 Å². The van der Waals surface area contributed by atoms with E-state index in [9.17, 15) is 10.1 Å². The fourth-order valence-electron chi connectivity index (χ4n) is 2.14. The number of imidazole rings is 1. The molecular weight excluding hydrogens is 386 g/mol. The van der Waals surface area contributed by atoms with Crippen molar-refractivity contribution in [2.24, 2.45) is 0 Å². The summed E-state index contributed by atoms with van der Waals surface area (Å²) in [5.41, 5.74) is 1.50. The van der Waals surface area contributed by atoms with E-state index in [0.717, 1.165) is 16.5 Å². The summed E-state index contributed by atoms with van der Waals surface area (Å²) >= 11 is 9.47. The van der Waals surface area contributed by atoms with Crippen LogP contribution in [0.5, 0.6) is 0 Å². The molecule has 0 aliphatic carbocycles. The predicted octanol–water partition coefficient (Wildman–Crippen LogP) is 3.71. The second-order valence-electron chi connectivity index (χ2n) is 4.77. The molecule has 0 saturated heterocycles. The van der Waals surface area contributed by atoms with E-state index in [1.165, 1.54) is 10.7 Å². The van der Waals surface area contributed by atoms with E-state index >= 15 is 0 Å². The number of rotatable bonds is 5. The van der Waals surface area contributed by atoms with E-state index in [2.05, 4.69) is 31.3 Å². The van der Waals surface area contributed by atoms with E-state index in [-0.39, 0.29) is 5.82 Å². The first-order chi connectivity index (χ1) is 11.0. The topological polar surface area (TPSA) is 85.4 Å². The molecule has 1 N–H and O–H groups in total. The van der Waals surface area contributed by atoms with Crippen LogP contribution in [-0.4, -0.2) is 26.1 Å². The van der Waals surface area contributed by atoms with Crippen LogP contribution < -0.4 is 5.32 Å². The van der Waals surface area contributed by atoms with Gasteiger partial charge in [-0.1, -0.05) is 37.1 Å². The van der Waals surface area contributed by atoms with Gasteiger partial charge in [-0.05, 0) is 41.2 Å². The smallest absolute Gasteiger partial charge is 0.367 e. The lowest BCUT2D eigenvalue weighted by atomic mass is 10.1. The molecule has 0 radical (unpaired) electrons. The van der Waals surface area contributed by atoms with Crippen LogP contribution in [0.3, 0.4) is 0 Å². The number of halogens is 2. The van der Waals surface area contributed by atoms with E-state index in [1.54, 1.807) is 12.1 Å². The Kier molecular flexibility index (Phi) is 4.44. The number of hydrogen-bond donors (Lipinski definition) is 1. The van der Waals surface area contributed by atoms with Gasteiger partial charge >= 0.3 is 5.82 Å². The SMILES string of the molecule is O=[N+]([O-])c1cnc2ccc(NCCc3cc(Cl)ccc3Br)nn12. The van der Waals surface area contributed by atoms with Crippen LogP contribution in [0.15, 0.2) is 41.0 Å². The maximum atomic E-state index is 10.9. The number of fused-ring (bicyclic) bond motifs is 1. The van der Waals surface area contributed by atoms with Crippen molar-refractivity contribution in [2.45, 2.75) is 6.42 Å². The molecule has 2 aromatic heterocycles. The molecule has 0 aliphatic heterocycles. The van der Waals surface area contributed by atoms with Crippen molar-refractivity contribution < 1.29 is 4.92 Å². The predicted molar refractivity (Wildman–Crippen MR) is 91.0 cm³/mol. The van der Waals surface area contributed by atoms with Crippen molar-refractivity contribution in [3.8, 4) is 0 Å². The van der Waals surface area contributed by atoms with Crippen LogP contribution in [0.1, 0.15) is 5.56 Å². The van der Waals surface area contributed by atoms with Gasteiger partial charge in [-0.3, -0.25) is 0 Å². The summed E-state index contributed by atoms with van der Waals surface area (Å²) in [5.74, 6) is 0.373. The molecule has 1 aromatic carbocycles. The second-order valence-corrected chi connectivity index (χ2v) is 6.07. The lowest BCUT2D eigenvalue weighted by molar-refractivity contribution is -0.391. The highest BCUT2D eigenvalue weighted by molar-refractivity contribution is 9.10. The van der Waals surface area contributed by atoms with Gasteiger partial charge in [0.1, 0.15) is 6.20 Å². The fraction of sp³-hybridized carbons (Fsp3) is 0.143. The number of benzene rings is 1. The molecular formula is C14H11BrClN5O2. The molecule has 0 bridgehead atoms. The summed E-state index contributed by atoms with van der Waals surface area (Å²) < 4.78 is 2.19. The Morgan fingerprint density at radius 1 is 1.35 bits per heavy atom. The molecule has 0 unspecified atom stereocenters. The molecule has 23 heavy (non-hydrogen) atoms. The number of aromatic nitrogens is 3. The van der Waals surface area contributed by atoms with E-state index < -0.39 is 4.92 Å². The lowest BCUT2D eigenvalue weighted by Gasteiger charge is -2.07. The summed E-state index contributed by atoms with van der Waals surface area (Å²) in [6.45, 7) is 0.611. The molecule has 118 valence electrons. The van der Waals surface area contributed by atoms with Crippen molar-refractivity contribution in [1.82, 2.24) is 14.6 Å². The van der Waals surface area contributed by atoms with Gasteiger partial charge in [0, 0.05) is 22.1 Å². The molecule has 2 heterocycles. The number of hydrogen-bond acceptors (Lipinski definition) is 5. The van der Waals surface area contributed by atoms with Gasteiger partial charge in [-0.25, -0.2) is 4.98 Å². The van der Waals surface area contributed by atoms with Crippen molar-refractivity contribution >= 4 is 44.8 Å². The number of nitrogens with zero attached hydrogens (tertiary/aromatic N) is 4. The highest BCUT2D eigenvalue weighted by Gasteiger charge is 2.15. The maximum absolute atomic E-state index is 10.9. The van der Waals surface area contributed by atoms with Gasteiger partial charge in [0.15, 0.2) is 5.82 Å². The minimum Gasteiger partial charge on any atom is -0.367 e. The third kappa shape index (κ3) is 3.43. The first-order valence-corrected chi connectivity index (χ1v) is 7.88. The largest absolute Gasteiger partial charge is 0.368 e. The third-order valence-electron chi connectivity index (χ3n) is 3.24. The molecule has 0 amide bonds. The highest BCUT2D eigenvalue weighted by atomic mass is 79.9. The Morgan fingerprint density at radius 3 is 2.96 bits per heavy atom. The first kappa shape index (κ1) is 15.7. The zero-order chi connectivity index (χ0) is 16.4. The third-order valence-corrected chi connectivity index (χ3v) is 4.25. The number of nitro groups is 1. The fourth-order valence-corrected chi connectivity index (χ4v) is 2.78. The Labute approximate surface area is 144 Å². The number of anilines is 1. The minimum absolute atomic E-state index is 0.166. The molecule has 0 spiro atoms. The van der Waals surface area contributed by atoms with Gasteiger partial charge in [0.25, 0.3) is 0 Å². The highest BCUT2D eigenvalue weighted by Crippen LogP contribution is 2.21. The summed E-state index contributed by atoms with van der Waals surface area (Å²) in [4.78, 5) is 14.3. The quantitative estimate of drug-likeness (QED) is 0.525. The normalized spacial score (nSPS) is 10.9. The molecule has 0 saturated carbocycles. The summed E-state index contributed by atoms with van der Waals surface area (Å²) in [7, 11) is 0. The molecule has 9 heteroatoms. The van der Waals surface area contributed by atoms with E-state index in [0.29, 0.717) is 23.0 Å². The Morgan fingerprint density at radius 2 is 2.17 bits per heavy atom. The molecule has 0 aliphatic rings. The van der Waals surface area contributed by atoms with Crippen molar-refractivity contribution in [2.75, 3.05) is 11.9 Å². The van der Waals surface area contributed by atoms with Gasteiger partial charge in [-0.15, -0.1) is 0 Å². The standard InChI is InChI=1S/C14H11BrClN5O2/c15-11-2-1-10(16)7-9(11)5-6-17-12-3-4-13-18-8-14(21(22)23)20(13)19-12/h1-4,7-8H,5-6H2,(H,17,19). The zero-order valence-electron chi connectivity index (χ0n) is 11.7. The van der Waals surface area contributed by atoms with Crippen LogP contribution in [0.4, 0.5) is 11.6 Å². The molecule has 3 aromatic rings. The lowest BCUT2D eigenvalue weighted by Crippen LogP contribution is -2.09. The van der Waals surface area contributed by atoms with Gasteiger partial charge in [0.05, 0.1) is 0 Å². The summed E-state index contributed by atoms with van der Waals surface area (Å²) in [6.07, 6.45) is 1.92. The van der Waals surface area contributed by atoms with Gasteiger partial charge in [-0.2, -0.15) is 0 Å². The van der Waals surface area contributed by atoms with E-state index in [4.69, 9.17) is 11.6 Å². The Hall–Kier alpha value is -2.19. The zero-order valence-corrected chi connectivity index (χ0v) is 14.1. The van der Waals surface area contributed by atoms with Crippen LogP contribution in [-0.2, 0) is 6.42 Å². The summed E-state index contributed by atoms with van der Waals surface area (Å²) in [6, 6.07) is 9.02. The maximum Gasteiger partial charge on any atom is 0.368 e. The van der Waals surface area contributed by atoms with Crippen molar-refractivity contribution in [3.05, 3.63) is 61.7 Å². The number of nitrogens with one attached hydrogen (secondary N) is 1. The first-order valence-electron chi connectivity index (χ1n) is 6.71. The average molecular weight is 397 g/mol. The van der Waals surface area contributed by atoms with Crippen LogP contribution >= 0.6 is 27.5 Å². The molecule has 0 atom stereocenters.